The molecule has 198 valence electrons. The monoisotopic (exact) mass is 519 g/mol. The summed E-state index contributed by atoms with van der Waals surface area (Å²) in [6.45, 7) is 7.51. The Balaban J connectivity index is 2.18. The van der Waals surface area contributed by atoms with Crippen molar-refractivity contribution >= 4 is 27.5 Å². The highest BCUT2D eigenvalue weighted by molar-refractivity contribution is 7.92. The molecule has 0 saturated heterocycles. The van der Waals surface area contributed by atoms with E-state index < -0.39 is 21.9 Å². The molecule has 2 unspecified atom stereocenters. The van der Waals surface area contributed by atoms with E-state index in [4.69, 9.17) is 0 Å². The van der Waals surface area contributed by atoms with Crippen molar-refractivity contribution in [2.45, 2.75) is 72.0 Å². The van der Waals surface area contributed by atoms with Crippen LogP contribution in [0.5, 0.6) is 0 Å². The van der Waals surface area contributed by atoms with E-state index in [9.17, 15) is 22.4 Å². The SMILES string of the molecule is CCc1ccc(N(CCCC(=O)N(Cc2ccccc2F)C(C)C(=O)NC(C)CC)S(C)(=O)=O)cc1. The van der Waals surface area contributed by atoms with E-state index in [1.54, 1.807) is 37.3 Å². The van der Waals surface area contributed by atoms with Crippen LogP contribution >= 0.6 is 0 Å². The molecule has 2 aromatic carbocycles. The molecule has 7 nitrogen and oxygen atoms in total. The van der Waals surface area contributed by atoms with Gasteiger partial charge < -0.3 is 10.2 Å². The molecule has 0 radical (unpaired) electrons. The molecule has 2 amide bonds. The van der Waals surface area contributed by atoms with Gasteiger partial charge in [-0.05, 0) is 56.9 Å². The van der Waals surface area contributed by atoms with E-state index in [1.165, 1.54) is 15.3 Å². The first-order chi connectivity index (χ1) is 17.0. The van der Waals surface area contributed by atoms with Crippen LogP contribution in [0.4, 0.5) is 10.1 Å². The van der Waals surface area contributed by atoms with Crippen LogP contribution in [0, 0.1) is 5.82 Å². The van der Waals surface area contributed by atoms with Gasteiger partial charge in [0.05, 0.1) is 11.9 Å². The summed E-state index contributed by atoms with van der Waals surface area (Å²) in [6.07, 6.45) is 2.96. The summed E-state index contributed by atoms with van der Waals surface area (Å²) in [5, 5.41) is 2.88. The molecule has 0 aliphatic rings. The second-order valence-corrected chi connectivity index (χ2v) is 11.0. The van der Waals surface area contributed by atoms with E-state index in [0.29, 0.717) is 11.3 Å². The first-order valence-electron chi connectivity index (χ1n) is 12.4. The Bertz CT molecular complexity index is 1120. The number of carbonyl (C=O) groups excluding carboxylic acids is 2. The van der Waals surface area contributed by atoms with Gasteiger partial charge in [0.2, 0.25) is 21.8 Å². The smallest absolute Gasteiger partial charge is 0.242 e. The fourth-order valence-corrected chi connectivity index (χ4v) is 4.73. The van der Waals surface area contributed by atoms with E-state index in [0.717, 1.165) is 24.7 Å². The number of anilines is 1. The number of benzene rings is 2. The average Bonchev–Trinajstić information content (AvgIpc) is 2.84. The molecule has 36 heavy (non-hydrogen) atoms. The Hall–Kier alpha value is -2.94. The summed E-state index contributed by atoms with van der Waals surface area (Å²) in [5.74, 6) is -1.12. The van der Waals surface area contributed by atoms with Gasteiger partial charge >= 0.3 is 0 Å². The minimum Gasteiger partial charge on any atom is -0.352 e. The molecule has 2 aromatic rings. The highest BCUT2D eigenvalue weighted by Crippen LogP contribution is 2.20. The van der Waals surface area contributed by atoms with Crippen molar-refractivity contribution in [2.75, 3.05) is 17.1 Å². The molecule has 0 fully saturated rings. The largest absolute Gasteiger partial charge is 0.352 e. The lowest BCUT2D eigenvalue weighted by Crippen LogP contribution is -2.49. The zero-order chi connectivity index (χ0) is 26.9. The maximum atomic E-state index is 14.4. The Kier molecular flexibility index (Phi) is 10.9. The minimum absolute atomic E-state index is 0.00840. The fraction of sp³-hybridized carbons (Fsp3) is 0.481. The summed E-state index contributed by atoms with van der Waals surface area (Å²) in [6, 6.07) is 12.5. The molecule has 0 aliphatic heterocycles. The zero-order valence-electron chi connectivity index (χ0n) is 21.8. The Morgan fingerprint density at radius 2 is 1.67 bits per heavy atom. The normalized spacial score (nSPS) is 13.1. The third kappa shape index (κ3) is 8.33. The van der Waals surface area contributed by atoms with Gasteiger partial charge in [0.1, 0.15) is 11.9 Å². The van der Waals surface area contributed by atoms with Crippen LogP contribution in [-0.4, -0.2) is 50.0 Å². The van der Waals surface area contributed by atoms with E-state index in [2.05, 4.69) is 5.32 Å². The lowest BCUT2D eigenvalue weighted by Gasteiger charge is -2.30. The van der Waals surface area contributed by atoms with Crippen molar-refractivity contribution in [2.24, 2.45) is 0 Å². The van der Waals surface area contributed by atoms with Gasteiger partial charge in [-0.3, -0.25) is 13.9 Å². The number of carbonyl (C=O) groups is 2. The third-order valence-electron chi connectivity index (χ3n) is 6.25. The second-order valence-electron chi connectivity index (χ2n) is 9.07. The standard InChI is InChI=1S/C27H38FN3O4S/c1-6-20(3)29-27(33)21(4)30(19-23-11-8-9-12-25(23)28)26(32)13-10-18-31(36(5,34)35)24-16-14-22(7-2)15-17-24/h8-9,11-12,14-17,20-21H,6-7,10,13,18-19H2,1-5H3,(H,29,33). The van der Waals surface area contributed by atoms with Crippen LogP contribution in [0.1, 0.15) is 58.1 Å². The highest BCUT2D eigenvalue weighted by Gasteiger charge is 2.28. The van der Waals surface area contributed by atoms with Gasteiger partial charge in [-0.15, -0.1) is 0 Å². The third-order valence-corrected chi connectivity index (χ3v) is 7.45. The first kappa shape index (κ1) is 29.3. The fourth-order valence-electron chi connectivity index (χ4n) is 3.76. The van der Waals surface area contributed by atoms with Gasteiger partial charge in [0.25, 0.3) is 0 Å². The number of nitrogens with one attached hydrogen (secondary N) is 1. The number of rotatable bonds is 13. The number of halogens is 1. The molecule has 0 heterocycles. The Morgan fingerprint density at radius 1 is 1.03 bits per heavy atom. The van der Waals surface area contributed by atoms with Gasteiger partial charge in [0.15, 0.2) is 0 Å². The Morgan fingerprint density at radius 3 is 2.22 bits per heavy atom. The van der Waals surface area contributed by atoms with E-state index in [1.807, 2.05) is 32.9 Å². The molecular formula is C27H38FN3O4S. The van der Waals surface area contributed by atoms with Crippen LogP contribution in [0.2, 0.25) is 0 Å². The lowest BCUT2D eigenvalue weighted by atomic mass is 10.1. The van der Waals surface area contributed by atoms with Crippen molar-refractivity contribution < 1.29 is 22.4 Å². The maximum Gasteiger partial charge on any atom is 0.242 e. The number of amides is 2. The van der Waals surface area contributed by atoms with Crippen molar-refractivity contribution in [3.63, 3.8) is 0 Å². The van der Waals surface area contributed by atoms with Crippen molar-refractivity contribution in [3.8, 4) is 0 Å². The number of nitrogens with zero attached hydrogens (tertiary/aromatic N) is 2. The van der Waals surface area contributed by atoms with E-state index >= 15 is 0 Å². The number of hydrogen-bond donors (Lipinski definition) is 1. The first-order valence-corrected chi connectivity index (χ1v) is 14.2. The maximum absolute atomic E-state index is 14.4. The molecule has 2 atom stereocenters. The molecule has 0 spiro atoms. The molecule has 0 bridgehead atoms. The number of aryl methyl sites for hydroxylation is 1. The number of sulfonamides is 1. The van der Waals surface area contributed by atoms with Crippen LogP contribution in [-0.2, 0) is 32.6 Å². The van der Waals surface area contributed by atoms with Gasteiger partial charge in [-0.25, -0.2) is 12.8 Å². The molecule has 0 aliphatic carbocycles. The molecule has 2 rings (SSSR count). The predicted octanol–water partition coefficient (Wildman–Crippen LogP) is 4.27. The number of hydrogen-bond acceptors (Lipinski definition) is 4. The van der Waals surface area contributed by atoms with Gasteiger partial charge in [-0.1, -0.05) is 44.2 Å². The molecule has 9 heteroatoms. The topological polar surface area (TPSA) is 86.8 Å². The lowest BCUT2D eigenvalue weighted by molar-refractivity contribution is -0.141. The van der Waals surface area contributed by atoms with Crippen molar-refractivity contribution in [1.82, 2.24) is 10.2 Å². The molecule has 1 N–H and O–H groups in total. The predicted molar refractivity (Wildman–Crippen MR) is 142 cm³/mol. The van der Waals surface area contributed by atoms with Crippen LogP contribution in [0.25, 0.3) is 0 Å². The van der Waals surface area contributed by atoms with Crippen molar-refractivity contribution in [1.29, 1.82) is 0 Å². The quantitative estimate of drug-likeness (QED) is 0.428. The van der Waals surface area contributed by atoms with Crippen LogP contribution in [0.3, 0.4) is 0 Å². The molecular weight excluding hydrogens is 481 g/mol. The summed E-state index contributed by atoms with van der Waals surface area (Å²) in [7, 11) is -3.56. The van der Waals surface area contributed by atoms with E-state index in [-0.39, 0.29) is 43.8 Å². The molecule has 0 aromatic heterocycles. The van der Waals surface area contributed by atoms with Gasteiger partial charge in [-0.2, -0.15) is 0 Å². The summed E-state index contributed by atoms with van der Waals surface area (Å²) < 4.78 is 40.5. The molecule has 0 saturated carbocycles. The zero-order valence-corrected chi connectivity index (χ0v) is 22.6. The average molecular weight is 520 g/mol. The highest BCUT2D eigenvalue weighted by atomic mass is 32.2. The van der Waals surface area contributed by atoms with Crippen LogP contribution in [0.15, 0.2) is 48.5 Å². The minimum atomic E-state index is -3.56. The van der Waals surface area contributed by atoms with Crippen molar-refractivity contribution in [3.05, 3.63) is 65.5 Å². The van der Waals surface area contributed by atoms with Crippen LogP contribution < -0.4 is 9.62 Å². The Labute approximate surface area is 214 Å². The summed E-state index contributed by atoms with van der Waals surface area (Å²) >= 11 is 0. The summed E-state index contributed by atoms with van der Waals surface area (Å²) in [5.41, 5.74) is 1.94. The summed E-state index contributed by atoms with van der Waals surface area (Å²) in [4.78, 5) is 27.4. The second kappa shape index (κ2) is 13.4. The van der Waals surface area contributed by atoms with Gasteiger partial charge in [0, 0.05) is 31.1 Å².